The molecule has 182 valence electrons. The third-order valence-electron chi connectivity index (χ3n) is 4.83. The first kappa shape index (κ1) is 27.3. The number of rotatable bonds is 12. The summed E-state index contributed by atoms with van der Waals surface area (Å²) in [7, 11) is -1.07. The average molecular weight is 493 g/mol. The largest absolute Gasteiger partial charge is 0.490 e. The fourth-order valence-electron chi connectivity index (χ4n) is 3.05. The lowest BCUT2D eigenvalue weighted by Gasteiger charge is -2.20. The van der Waals surface area contributed by atoms with E-state index in [-0.39, 0.29) is 23.5 Å². The first-order chi connectivity index (χ1) is 15.6. The lowest BCUT2D eigenvalue weighted by Crippen LogP contribution is -2.32. The highest BCUT2D eigenvalue weighted by atomic mass is 32.2. The Kier molecular flexibility index (Phi) is 10.8. The zero-order valence-electron chi connectivity index (χ0n) is 20.6. The normalized spacial score (nSPS) is 13.4. The number of esters is 1. The number of ether oxygens (including phenoxy) is 2. The highest BCUT2D eigenvalue weighted by Gasteiger charge is 2.20. The van der Waals surface area contributed by atoms with Crippen LogP contribution in [-0.4, -0.2) is 50.1 Å². The van der Waals surface area contributed by atoms with Crippen LogP contribution in [0.2, 0.25) is 0 Å². The molecule has 2 rings (SSSR count). The summed E-state index contributed by atoms with van der Waals surface area (Å²) < 4.78 is 24.0. The Bertz CT molecular complexity index is 907. The second kappa shape index (κ2) is 13.1. The molecule has 0 bridgehead atoms. The Morgan fingerprint density at radius 2 is 1.76 bits per heavy atom. The molecule has 2 aromatic rings. The maximum Gasteiger partial charge on any atom is 0.316 e. The number of hydrogen-bond acceptors (Lipinski definition) is 7. The molecule has 33 heavy (non-hydrogen) atoms. The van der Waals surface area contributed by atoms with Crippen LogP contribution in [0.3, 0.4) is 0 Å². The van der Waals surface area contributed by atoms with Gasteiger partial charge in [-0.2, -0.15) is 0 Å². The van der Waals surface area contributed by atoms with Gasteiger partial charge in [-0.15, -0.1) is 0 Å². The first-order valence-electron chi connectivity index (χ1n) is 11.3. The number of unbranched alkanes of at least 4 members (excludes halogenated alkanes) is 1. The van der Waals surface area contributed by atoms with E-state index >= 15 is 0 Å². The second-order valence-electron chi connectivity index (χ2n) is 9.08. The van der Waals surface area contributed by atoms with Crippen molar-refractivity contribution in [1.29, 1.82) is 0 Å². The van der Waals surface area contributed by atoms with Gasteiger partial charge in [0.25, 0.3) is 0 Å². The molecule has 0 saturated carbocycles. The molecule has 0 amide bonds. The van der Waals surface area contributed by atoms with E-state index in [2.05, 4.69) is 37.7 Å². The van der Waals surface area contributed by atoms with E-state index in [1.54, 1.807) is 0 Å². The number of thioether (sulfide) groups is 1. The molecule has 0 radical (unpaired) electrons. The zero-order chi connectivity index (χ0) is 24.4. The molecule has 8 heteroatoms. The maximum absolute atomic E-state index is 12.5. The lowest BCUT2D eigenvalue weighted by molar-refractivity contribution is -0.146. The van der Waals surface area contributed by atoms with Crippen molar-refractivity contribution in [3.8, 4) is 5.75 Å². The van der Waals surface area contributed by atoms with E-state index in [4.69, 9.17) is 9.47 Å². The Balaban J connectivity index is 1.97. The highest BCUT2D eigenvalue weighted by molar-refractivity contribution is 7.99. The predicted octanol–water partition coefficient (Wildman–Crippen LogP) is 5.02. The first-order valence-corrected chi connectivity index (χ1v) is 13.8. The van der Waals surface area contributed by atoms with Crippen LogP contribution in [0, 0.1) is 13.8 Å². The summed E-state index contributed by atoms with van der Waals surface area (Å²) in [6.45, 7) is 12.5. The number of carbonyl (C=O) groups is 1. The summed E-state index contributed by atoms with van der Waals surface area (Å²) >= 11 is 1.24. The molecule has 2 atom stereocenters. The summed E-state index contributed by atoms with van der Waals surface area (Å²) in [4.78, 5) is 21.2. The van der Waals surface area contributed by atoms with Crippen molar-refractivity contribution >= 4 is 28.5 Å². The SMILES string of the molecule is CCCC[S@](=O)C[C@@H](COc1ccc(C(C)(C)C)cc1)OC(=O)CSc1nc(C)cc(C)n1. The molecule has 0 aliphatic heterocycles. The Hall–Kier alpha value is -1.93. The van der Waals surface area contributed by atoms with Crippen molar-refractivity contribution in [2.75, 3.05) is 23.9 Å². The number of hydrogen-bond donors (Lipinski definition) is 0. The van der Waals surface area contributed by atoms with Crippen molar-refractivity contribution in [1.82, 2.24) is 9.97 Å². The summed E-state index contributed by atoms with van der Waals surface area (Å²) in [6.07, 6.45) is 1.26. The number of carbonyl (C=O) groups excluding carboxylic acids is 1. The molecule has 0 N–H and O–H groups in total. The number of nitrogens with zero attached hydrogens (tertiary/aromatic N) is 2. The van der Waals surface area contributed by atoms with E-state index in [0.717, 1.165) is 24.2 Å². The molecule has 0 spiro atoms. The van der Waals surface area contributed by atoms with Gasteiger partial charge in [0.2, 0.25) is 0 Å². The summed E-state index contributed by atoms with van der Waals surface area (Å²) in [5, 5.41) is 0.544. The Morgan fingerprint density at radius 1 is 1.12 bits per heavy atom. The molecule has 0 aliphatic carbocycles. The van der Waals surface area contributed by atoms with E-state index in [1.165, 1.54) is 17.3 Å². The van der Waals surface area contributed by atoms with Gasteiger partial charge in [-0.25, -0.2) is 9.97 Å². The van der Waals surface area contributed by atoms with Crippen LogP contribution in [0.1, 0.15) is 57.5 Å². The molecule has 1 heterocycles. The molecular formula is C25H36N2O4S2. The van der Waals surface area contributed by atoms with E-state index in [1.807, 2.05) is 44.2 Å². The van der Waals surface area contributed by atoms with Gasteiger partial charge in [0.1, 0.15) is 18.5 Å². The third kappa shape index (κ3) is 10.3. The summed E-state index contributed by atoms with van der Waals surface area (Å²) in [5.41, 5.74) is 2.98. The van der Waals surface area contributed by atoms with Gasteiger partial charge < -0.3 is 9.47 Å². The van der Waals surface area contributed by atoms with Gasteiger partial charge in [-0.1, -0.05) is 58.0 Å². The van der Waals surface area contributed by atoms with Gasteiger partial charge in [0, 0.05) is 27.9 Å². The third-order valence-corrected chi connectivity index (χ3v) is 7.14. The minimum atomic E-state index is -1.07. The molecule has 1 aromatic heterocycles. The standard InChI is InChI=1S/C25H36N2O4S2/c1-7-8-13-33(29)17-22(15-30-21-11-9-20(10-12-21)25(4,5)6)31-23(28)16-32-24-26-18(2)14-19(3)27-24/h9-12,14,22H,7-8,13,15-17H2,1-6H3/t22-,33+/m1/s1. The van der Waals surface area contributed by atoms with Crippen LogP contribution in [0.4, 0.5) is 0 Å². The summed E-state index contributed by atoms with van der Waals surface area (Å²) in [5.74, 6) is 1.24. The molecule has 1 aromatic carbocycles. The minimum Gasteiger partial charge on any atom is -0.490 e. The molecule has 0 fully saturated rings. The van der Waals surface area contributed by atoms with Crippen LogP contribution in [0.25, 0.3) is 0 Å². The maximum atomic E-state index is 12.5. The van der Waals surface area contributed by atoms with Crippen molar-refractivity contribution in [3.63, 3.8) is 0 Å². The minimum absolute atomic E-state index is 0.0595. The van der Waals surface area contributed by atoms with Crippen LogP contribution in [0.5, 0.6) is 5.75 Å². The molecule has 0 saturated heterocycles. The number of aryl methyl sites for hydroxylation is 2. The molecule has 6 nitrogen and oxygen atoms in total. The van der Waals surface area contributed by atoms with Crippen molar-refractivity contribution < 1.29 is 18.5 Å². The number of benzene rings is 1. The van der Waals surface area contributed by atoms with Gasteiger partial charge in [-0.3, -0.25) is 9.00 Å². The lowest BCUT2D eigenvalue weighted by atomic mass is 9.87. The predicted molar refractivity (Wildman–Crippen MR) is 136 cm³/mol. The van der Waals surface area contributed by atoms with Crippen molar-refractivity contribution in [2.45, 2.75) is 71.1 Å². The van der Waals surface area contributed by atoms with E-state index in [9.17, 15) is 9.00 Å². The van der Waals surface area contributed by atoms with Gasteiger partial charge >= 0.3 is 5.97 Å². The second-order valence-corrected chi connectivity index (χ2v) is 11.6. The monoisotopic (exact) mass is 492 g/mol. The zero-order valence-corrected chi connectivity index (χ0v) is 22.2. The Morgan fingerprint density at radius 3 is 2.33 bits per heavy atom. The van der Waals surface area contributed by atoms with Crippen LogP contribution in [-0.2, 0) is 25.7 Å². The van der Waals surface area contributed by atoms with Crippen molar-refractivity contribution in [2.24, 2.45) is 0 Å². The van der Waals surface area contributed by atoms with Crippen LogP contribution in [0.15, 0.2) is 35.5 Å². The highest BCUT2D eigenvalue weighted by Crippen LogP contribution is 2.24. The summed E-state index contributed by atoms with van der Waals surface area (Å²) in [6, 6.07) is 9.80. The molecular weight excluding hydrogens is 456 g/mol. The van der Waals surface area contributed by atoms with Crippen LogP contribution >= 0.6 is 11.8 Å². The fourth-order valence-corrected chi connectivity index (χ4v) is 5.14. The topological polar surface area (TPSA) is 78.4 Å². The van der Waals surface area contributed by atoms with Gasteiger partial charge in [0.15, 0.2) is 5.16 Å². The number of aromatic nitrogens is 2. The molecule has 0 aliphatic rings. The van der Waals surface area contributed by atoms with Gasteiger partial charge in [0.05, 0.1) is 11.5 Å². The van der Waals surface area contributed by atoms with Gasteiger partial charge in [-0.05, 0) is 49.4 Å². The Labute approximate surface area is 204 Å². The van der Waals surface area contributed by atoms with E-state index in [0.29, 0.717) is 16.7 Å². The molecule has 0 unspecified atom stereocenters. The average Bonchev–Trinajstić information content (AvgIpc) is 2.73. The van der Waals surface area contributed by atoms with Crippen LogP contribution < -0.4 is 4.74 Å². The fraction of sp³-hybridized carbons (Fsp3) is 0.560. The van der Waals surface area contributed by atoms with E-state index < -0.39 is 22.9 Å². The smallest absolute Gasteiger partial charge is 0.316 e. The quantitative estimate of drug-likeness (QED) is 0.234. The van der Waals surface area contributed by atoms with Crippen molar-refractivity contribution in [3.05, 3.63) is 47.3 Å².